The second kappa shape index (κ2) is 9.17. The number of hydrogen-bond acceptors (Lipinski definition) is 7. The number of rotatable bonds is 7. The van der Waals surface area contributed by atoms with Crippen LogP contribution >= 0.6 is 0 Å². The van der Waals surface area contributed by atoms with E-state index >= 15 is 0 Å². The number of hydrogen-bond donors (Lipinski definition) is 2. The Balaban J connectivity index is 1.58. The summed E-state index contributed by atoms with van der Waals surface area (Å²) >= 11 is 0. The largest absolute Gasteiger partial charge is 0.497 e. The fourth-order valence-corrected chi connectivity index (χ4v) is 2.82. The lowest BCUT2D eigenvalue weighted by molar-refractivity contribution is -0.155. The van der Waals surface area contributed by atoms with E-state index in [9.17, 15) is 14.4 Å². The van der Waals surface area contributed by atoms with Crippen molar-refractivity contribution in [3.8, 4) is 17.2 Å². The molecule has 158 valence electrons. The SMILES string of the molecule is COc1ccc(OC)c(NC(=O)C(C)OC(=O)CC2Oc3ccccc3NC2=O)c1. The van der Waals surface area contributed by atoms with Crippen molar-refractivity contribution in [2.45, 2.75) is 25.6 Å². The van der Waals surface area contributed by atoms with E-state index in [1.54, 1.807) is 42.5 Å². The highest BCUT2D eigenvalue weighted by molar-refractivity contribution is 6.00. The molecule has 2 unspecified atom stereocenters. The van der Waals surface area contributed by atoms with Crippen molar-refractivity contribution in [1.82, 2.24) is 0 Å². The lowest BCUT2D eigenvalue weighted by Gasteiger charge is -2.25. The van der Waals surface area contributed by atoms with Gasteiger partial charge in [-0.15, -0.1) is 0 Å². The lowest BCUT2D eigenvalue weighted by Crippen LogP contribution is -2.40. The zero-order valence-corrected chi connectivity index (χ0v) is 16.8. The minimum absolute atomic E-state index is 0.333. The number of fused-ring (bicyclic) bond motifs is 1. The van der Waals surface area contributed by atoms with E-state index in [1.165, 1.54) is 21.1 Å². The second-order valence-corrected chi connectivity index (χ2v) is 6.48. The van der Waals surface area contributed by atoms with Gasteiger partial charge in [-0.05, 0) is 31.2 Å². The van der Waals surface area contributed by atoms with Crippen LogP contribution in [0.5, 0.6) is 17.2 Å². The molecule has 0 bridgehead atoms. The summed E-state index contributed by atoms with van der Waals surface area (Å²) in [5.41, 5.74) is 0.906. The Labute approximate surface area is 173 Å². The molecule has 2 N–H and O–H groups in total. The summed E-state index contributed by atoms with van der Waals surface area (Å²) in [5, 5.41) is 5.31. The number of para-hydroxylation sites is 2. The highest BCUT2D eigenvalue weighted by Crippen LogP contribution is 2.30. The average molecular weight is 414 g/mol. The number of methoxy groups -OCH3 is 2. The van der Waals surface area contributed by atoms with Gasteiger partial charge >= 0.3 is 5.97 Å². The van der Waals surface area contributed by atoms with Gasteiger partial charge in [-0.1, -0.05) is 12.1 Å². The molecule has 1 aliphatic heterocycles. The molecule has 2 amide bonds. The number of carbonyl (C=O) groups excluding carboxylic acids is 3. The number of anilines is 2. The minimum Gasteiger partial charge on any atom is -0.497 e. The molecule has 2 aromatic carbocycles. The van der Waals surface area contributed by atoms with Gasteiger partial charge in [0, 0.05) is 6.07 Å². The summed E-state index contributed by atoms with van der Waals surface area (Å²) in [6, 6.07) is 11.8. The van der Waals surface area contributed by atoms with Crippen molar-refractivity contribution in [2.24, 2.45) is 0 Å². The summed E-state index contributed by atoms with van der Waals surface area (Å²) in [5.74, 6) is -0.344. The van der Waals surface area contributed by atoms with E-state index in [0.29, 0.717) is 28.6 Å². The third kappa shape index (κ3) is 4.80. The van der Waals surface area contributed by atoms with Crippen molar-refractivity contribution in [3.05, 3.63) is 42.5 Å². The zero-order chi connectivity index (χ0) is 21.7. The zero-order valence-electron chi connectivity index (χ0n) is 16.8. The molecule has 2 atom stereocenters. The molecule has 1 heterocycles. The molecule has 9 nitrogen and oxygen atoms in total. The molecule has 30 heavy (non-hydrogen) atoms. The number of nitrogens with one attached hydrogen (secondary N) is 2. The Kier molecular flexibility index (Phi) is 6.41. The average Bonchev–Trinajstić information content (AvgIpc) is 2.74. The van der Waals surface area contributed by atoms with Gasteiger partial charge in [0.1, 0.15) is 17.2 Å². The van der Waals surface area contributed by atoms with Crippen LogP contribution in [0.3, 0.4) is 0 Å². The van der Waals surface area contributed by atoms with Gasteiger partial charge in [-0.25, -0.2) is 0 Å². The molecule has 0 spiro atoms. The summed E-state index contributed by atoms with van der Waals surface area (Å²) in [6.07, 6.45) is -2.48. The van der Waals surface area contributed by atoms with E-state index in [2.05, 4.69) is 10.6 Å². The van der Waals surface area contributed by atoms with Crippen LogP contribution in [0.2, 0.25) is 0 Å². The highest BCUT2D eigenvalue weighted by atomic mass is 16.6. The van der Waals surface area contributed by atoms with E-state index in [0.717, 1.165) is 0 Å². The smallest absolute Gasteiger partial charge is 0.310 e. The molecule has 0 radical (unpaired) electrons. The Morgan fingerprint density at radius 2 is 1.93 bits per heavy atom. The topological polar surface area (TPSA) is 112 Å². The first-order valence-corrected chi connectivity index (χ1v) is 9.20. The molecule has 0 aliphatic carbocycles. The molecular weight excluding hydrogens is 392 g/mol. The Bertz CT molecular complexity index is 960. The molecular formula is C21H22N2O7. The first-order chi connectivity index (χ1) is 14.4. The summed E-state index contributed by atoms with van der Waals surface area (Å²) in [4.78, 5) is 36.8. The van der Waals surface area contributed by atoms with Crippen LogP contribution in [0.4, 0.5) is 11.4 Å². The third-order valence-electron chi connectivity index (χ3n) is 4.40. The summed E-state index contributed by atoms with van der Waals surface area (Å²) < 4.78 is 21.1. The maximum Gasteiger partial charge on any atom is 0.310 e. The standard InChI is InChI=1S/C21H22N2O7/c1-12(20(25)23-15-10-13(27-2)8-9-16(15)28-3)29-19(24)11-18-21(26)22-14-6-4-5-7-17(14)30-18/h4-10,12,18H,11H2,1-3H3,(H,22,26)(H,23,25). The highest BCUT2D eigenvalue weighted by Gasteiger charge is 2.31. The Morgan fingerprint density at radius 1 is 1.17 bits per heavy atom. The first kappa shape index (κ1) is 21.0. The number of amides is 2. The van der Waals surface area contributed by atoms with Crippen molar-refractivity contribution < 1.29 is 33.3 Å². The van der Waals surface area contributed by atoms with Gasteiger partial charge < -0.3 is 29.6 Å². The monoisotopic (exact) mass is 414 g/mol. The van der Waals surface area contributed by atoms with Crippen molar-refractivity contribution >= 4 is 29.2 Å². The third-order valence-corrected chi connectivity index (χ3v) is 4.40. The lowest BCUT2D eigenvalue weighted by atomic mass is 10.1. The van der Waals surface area contributed by atoms with Crippen molar-refractivity contribution in [3.63, 3.8) is 0 Å². The van der Waals surface area contributed by atoms with Gasteiger partial charge in [-0.3, -0.25) is 14.4 Å². The van der Waals surface area contributed by atoms with Gasteiger partial charge in [0.2, 0.25) is 0 Å². The fourth-order valence-electron chi connectivity index (χ4n) is 2.82. The maximum absolute atomic E-state index is 12.4. The predicted octanol–water partition coefficient (Wildman–Crippen LogP) is 2.36. The molecule has 1 aliphatic rings. The molecule has 0 saturated carbocycles. The van der Waals surface area contributed by atoms with Crippen LogP contribution in [-0.2, 0) is 19.1 Å². The van der Waals surface area contributed by atoms with Gasteiger partial charge in [-0.2, -0.15) is 0 Å². The quantitative estimate of drug-likeness (QED) is 0.669. The van der Waals surface area contributed by atoms with Crippen LogP contribution in [0.1, 0.15) is 13.3 Å². The van der Waals surface area contributed by atoms with Gasteiger partial charge in [0.05, 0.1) is 32.0 Å². The fraction of sp³-hybridized carbons (Fsp3) is 0.286. The van der Waals surface area contributed by atoms with E-state index in [1.807, 2.05) is 0 Å². The summed E-state index contributed by atoms with van der Waals surface area (Å²) in [7, 11) is 2.97. The number of benzene rings is 2. The Hall–Kier alpha value is -3.75. The van der Waals surface area contributed by atoms with Crippen LogP contribution in [0, 0.1) is 0 Å². The van der Waals surface area contributed by atoms with Crippen LogP contribution in [0.25, 0.3) is 0 Å². The number of carbonyl (C=O) groups is 3. The van der Waals surface area contributed by atoms with Crippen molar-refractivity contribution in [2.75, 3.05) is 24.9 Å². The second-order valence-electron chi connectivity index (χ2n) is 6.48. The van der Waals surface area contributed by atoms with E-state index < -0.39 is 30.0 Å². The maximum atomic E-state index is 12.4. The van der Waals surface area contributed by atoms with Gasteiger partial charge in [0.15, 0.2) is 12.2 Å². The number of esters is 1. The van der Waals surface area contributed by atoms with Crippen LogP contribution < -0.4 is 24.8 Å². The molecule has 0 aromatic heterocycles. The molecule has 9 heteroatoms. The Morgan fingerprint density at radius 3 is 2.67 bits per heavy atom. The van der Waals surface area contributed by atoms with Crippen LogP contribution in [0.15, 0.2) is 42.5 Å². The normalized spacial score (nSPS) is 15.7. The summed E-state index contributed by atoms with van der Waals surface area (Å²) in [6.45, 7) is 1.43. The first-order valence-electron chi connectivity index (χ1n) is 9.20. The predicted molar refractivity (Wildman–Crippen MR) is 108 cm³/mol. The van der Waals surface area contributed by atoms with Gasteiger partial charge in [0.25, 0.3) is 11.8 Å². The van der Waals surface area contributed by atoms with Crippen molar-refractivity contribution in [1.29, 1.82) is 0 Å². The van der Waals surface area contributed by atoms with E-state index in [4.69, 9.17) is 18.9 Å². The minimum atomic E-state index is -1.10. The molecule has 3 rings (SSSR count). The van der Waals surface area contributed by atoms with Crippen LogP contribution in [-0.4, -0.2) is 44.2 Å². The molecule has 2 aromatic rings. The van der Waals surface area contributed by atoms with E-state index in [-0.39, 0.29) is 6.42 Å². The number of ether oxygens (including phenoxy) is 4. The molecule has 0 saturated heterocycles. The molecule has 0 fully saturated rings.